The van der Waals surface area contributed by atoms with Gasteiger partial charge in [-0.2, -0.15) is 8.42 Å². The number of unbranched alkanes of at least 4 members (excludes halogenated alkanes) is 1. The number of furan rings is 1. The van der Waals surface area contributed by atoms with Crippen LogP contribution in [-0.4, -0.2) is 20.1 Å². The summed E-state index contributed by atoms with van der Waals surface area (Å²) in [5.74, 6) is 0.184. The molecule has 1 heterocycles. The van der Waals surface area contributed by atoms with E-state index in [-0.39, 0.29) is 17.5 Å². The summed E-state index contributed by atoms with van der Waals surface area (Å²) in [6.07, 6.45) is 6.69. The molecule has 140 valence electrons. The maximum Gasteiger partial charge on any atom is 0.296 e. The molecule has 0 amide bonds. The van der Waals surface area contributed by atoms with E-state index < -0.39 is 10.0 Å². The highest BCUT2D eigenvalue weighted by molar-refractivity contribution is 7.89. The minimum atomic E-state index is -3.83. The Labute approximate surface area is 154 Å². The summed E-state index contributed by atoms with van der Waals surface area (Å²) < 4.78 is 32.6. The summed E-state index contributed by atoms with van der Waals surface area (Å²) in [7, 11) is -3.83. The number of benzene rings is 1. The van der Waals surface area contributed by atoms with Crippen LogP contribution in [-0.2, 0) is 29.3 Å². The number of anilines is 1. The van der Waals surface area contributed by atoms with Crippen LogP contribution >= 0.6 is 0 Å². The number of rotatable bonds is 9. The first-order valence-electron chi connectivity index (χ1n) is 8.77. The van der Waals surface area contributed by atoms with Gasteiger partial charge in [0, 0.05) is 18.4 Å². The molecule has 1 aromatic carbocycles. The molecule has 6 nitrogen and oxygen atoms in total. The van der Waals surface area contributed by atoms with Crippen molar-refractivity contribution in [1.82, 2.24) is 4.72 Å². The first-order chi connectivity index (χ1) is 12.5. The van der Waals surface area contributed by atoms with E-state index in [2.05, 4.69) is 22.7 Å². The lowest BCUT2D eigenvalue weighted by Crippen LogP contribution is -2.26. The van der Waals surface area contributed by atoms with Crippen LogP contribution in [0.25, 0.3) is 0 Å². The van der Waals surface area contributed by atoms with Crippen molar-refractivity contribution in [2.45, 2.75) is 43.6 Å². The fraction of sp³-hybridized carbons (Fsp3) is 0.368. The average Bonchev–Trinajstić information content (AvgIpc) is 3.24. The van der Waals surface area contributed by atoms with Crippen LogP contribution < -0.4 is 10.0 Å². The van der Waals surface area contributed by atoms with Crippen LogP contribution in [0.3, 0.4) is 0 Å². The van der Waals surface area contributed by atoms with E-state index in [1.54, 1.807) is 0 Å². The van der Waals surface area contributed by atoms with Gasteiger partial charge in [-0.1, -0.05) is 18.7 Å². The molecule has 2 aromatic rings. The number of nitrogens with one attached hydrogen (secondary N) is 2. The van der Waals surface area contributed by atoms with E-state index >= 15 is 0 Å². The SMILES string of the molecule is C=C(Nc1cccc2c1CCC2)NS(=O)(=O)c1cc(CCCCO)co1. The largest absolute Gasteiger partial charge is 0.451 e. The number of aryl methyl sites for hydroxylation is 2. The molecule has 0 bridgehead atoms. The molecule has 0 radical (unpaired) electrons. The second-order valence-electron chi connectivity index (χ2n) is 6.46. The highest BCUT2D eigenvalue weighted by Crippen LogP contribution is 2.29. The Hall–Kier alpha value is -2.25. The smallest absolute Gasteiger partial charge is 0.296 e. The molecular weight excluding hydrogens is 352 g/mol. The lowest BCUT2D eigenvalue weighted by atomic mass is 10.1. The van der Waals surface area contributed by atoms with Crippen LogP contribution in [0.1, 0.15) is 36.0 Å². The summed E-state index contributed by atoms with van der Waals surface area (Å²) in [5, 5.41) is 11.7. The van der Waals surface area contributed by atoms with Crippen LogP contribution in [0.4, 0.5) is 5.69 Å². The third-order valence-electron chi connectivity index (χ3n) is 4.46. The molecular formula is C19H24N2O4S. The molecule has 0 spiro atoms. The topological polar surface area (TPSA) is 91.6 Å². The predicted octanol–water partition coefficient (Wildman–Crippen LogP) is 2.94. The van der Waals surface area contributed by atoms with Gasteiger partial charge in [-0.15, -0.1) is 0 Å². The van der Waals surface area contributed by atoms with E-state index in [0.29, 0.717) is 12.8 Å². The van der Waals surface area contributed by atoms with E-state index in [4.69, 9.17) is 9.52 Å². The van der Waals surface area contributed by atoms with Crippen LogP contribution in [0, 0.1) is 0 Å². The number of aliphatic hydroxyl groups is 1. The highest BCUT2D eigenvalue weighted by Gasteiger charge is 2.21. The number of hydrogen-bond donors (Lipinski definition) is 3. The van der Waals surface area contributed by atoms with Crippen molar-refractivity contribution in [1.29, 1.82) is 0 Å². The van der Waals surface area contributed by atoms with Gasteiger partial charge in [-0.3, -0.25) is 4.72 Å². The van der Waals surface area contributed by atoms with Gasteiger partial charge >= 0.3 is 0 Å². The number of hydrogen-bond acceptors (Lipinski definition) is 5. The summed E-state index contributed by atoms with van der Waals surface area (Å²) in [5.41, 5.74) is 4.19. The normalized spacial score (nSPS) is 13.4. The van der Waals surface area contributed by atoms with E-state index in [0.717, 1.165) is 36.9 Å². The predicted molar refractivity (Wildman–Crippen MR) is 100 cm³/mol. The van der Waals surface area contributed by atoms with E-state index in [9.17, 15) is 8.42 Å². The Morgan fingerprint density at radius 3 is 2.92 bits per heavy atom. The second kappa shape index (κ2) is 7.97. The van der Waals surface area contributed by atoms with Gasteiger partial charge in [0.2, 0.25) is 5.09 Å². The summed E-state index contributed by atoms with van der Waals surface area (Å²) in [6, 6.07) is 7.49. The van der Waals surface area contributed by atoms with Crippen LogP contribution in [0.2, 0.25) is 0 Å². The minimum absolute atomic E-state index is 0.124. The molecule has 1 aromatic heterocycles. The summed E-state index contributed by atoms with van der Waals surface area (Å²) >= 11 is 0. The fourth-order valence-electron chi connectivity index (χ4n) is 3.20. The number of aliphatic hydroxyl groups excluding tert-OH is 1. The zero-order valence-electron chi connectivity index (χ0n) is 14.6. The van der Waals surface area contributed by atoms with Crippen molar-refractivity contribution in [2.75, 3.05) is 11.9 Å². The molecule has 3 rings (SSSR count). The van der Waals surface area contributed by atoms with Crippen molar-refractivity contribution in [2.24, 2.45) is 0 Å². The van der Waals surface area contributed by atoms with Crippen LogP contribution in [0.5, 0.6) is 0 Å². The summed E-state index contributed by atoms with van der Waals surface area (Å²) in [6.45, 7) is 3.91. The maximum absolute atomic E-state index is 12.5. The molecule has 3 N–H and O–H groups in total. The van der Waals surface area contributed by atoms with Gasteiger partial charge in [0.1, 0.15) is 5.82 Å². The summed E-state index contributed by atoms with van der Waals surface area (Å²) in [4.78, 5) is 0. The molecule has 26 heavy (non-hydrogen) atoms. The zero-order valence-corrected chi connectivity index (χ0v) is 15.4. The molecule has 0 atom stereocenters. The van der Waals surface area contributed by atoms with Gasteiger partial charge in [-0.25, -0.2) is 0 Å². The molecule has 1 aliphatic carbocycles. The lowest BCUT2D eigenvalue weighted by Gasteiger charge is -2.14. The lowest BCUT2D eigenvalue weighted by molar-refractivity contribution is 0.284. The molecule has 7 heteroatoms. The Morgan fingerprint density at radius 1 is 1.27 bits per heavy atom. The third kappa shape index (κ3) is 4.28. The maximum atomic E-state index is 12.5. The van der Waals surface area contributed by atoms with Crippen molar-refractivity contribution >= 4 is 15.7 Å². The molecule has 0 saturated heterocycles. The van der Waals surface area contributed by atoms with Gasteiger partial charge in [-0.05, 0) is 61.3 Å². The average molecular weight is 376 g/mol. The molecule has 0 aliphatic heterocycles. The number of fused-ring (bicyclic) bond motifs is 1. The molecule has 1 aliphatic rings. The van der Waals surface area contributed by atoms with Gasteiger partial charge in [0.25, 0.3) is 10.0 Å². The van der Waals surface area contributed by atoms with Crippen molar-refractivity contribution in [3.63, 3.8) is 0 Å². The molecule has 0 saturated carbocycles. The fourth-order valence-corrected chi connectivity index (χ4v) is 4.16. The molecule has 0 unspecified atom stereocenters. The first kappa shape index (κ1) is 18.5. The standard InChI is InChI=1S/C19H24N2O4S/c1-14(20-18-10-5-8-16-7-4-9-17(16)18)21-26(23,24)19-12-15(13-25-19)6-2-3-11-22/h5,8,10,12-13,20-22H,1-4,6-7,9,11H2. The van der Waals surface area contributed by atoms with E-state index in [1.807, 2.05) is 12.1 Å². The number of sulfonamides is 1. The highest BCUT2D eigenvalue weighted by atomic mass is 32.2. The Morgan fingerprint density at radius 2 is 2.12 bits per heavy atom. The van der Waals surface area contributed by atoms with Gasteiger partial charge in [0.05, 0.1) is 6.26 Å². The Balaban J connectivity index is 1.64. The quantitative estimate of drug-likeness (QED) is 0.585. The Bertz CT molecular complexity index is 887. The monoisotopic (exact) mass is 376 g/mol. The second-order valence-corrected chi connectivity index (χ2v) is 8.07. The minimum Gasteiger partial charge on any atom is -0.451 e. The van der Waals surface area contributed by atoms with Crippen molar-refractivity contribution in [3.05, 3.63) is 59.6 Å². The molecule has 0 fully saturated rings. The zero-order chi connectivity index (χ0) is 18.6. The van der Waals surface area contributed by atoms with Crippen LogP contribution in [0.15, 0.2) is 52.4 Å². The van der Waals surface area contributed by atoms with Gasteiger partial charge in [0.15, 0.2) is 0 Å². The first-order valence-corrected chi connectivity index (χ1v) is 10.3. The van der Waals surface area contributed by atoms with Crippen molar-refractivity contribution < 1.29 is 17.9 Å². The van der Waals surface area contributed by atoms with Gasteiger partial charge < -0.3 is 14.8 Å². The Kier molecular flexibility index (Phi) is 5.68. The van der Waals surface area contributed by atoms with Crippen molar-refractivity contribution in [3.8, 4) is 0 Å². The third-order valence-corrected chi connectivity index (χ3v) is 5.72. The van der Waals surface area contributed by atoms with E-state index in [1.165, 1.54) is 23.5 Å².